The number of benzene rings is 1. The minimum atomic E-state index is -0.708. The Kier molecular flexibility index (Phi) is 5.32. The molecule has 8 heteroatoms. The number of rotatable bonds is 5. The number of morpholine rings is 1. The van der Waals surface area contributed by atoms with E-state index in [4.69, 9.17) is 20.4 Å². The molecule has 0 aliphatic carbocycles. The van der Waals surface area contributed by atoms with Gasteiger partial charge in [0.1, 0.15) is 17.5 Å². The lowest BCUT2D eigenvalue weighted by molar-refractivity contribution is 0.122. The zero-order valence-electron chi connectivity index (χ0n) is 17.9. The number of pyridine rings is 1. The van der Waals surface area contributed by atoms with Gasteiger partial charge in [-0.2, -0.15) is 0 Å². The van der Waals surface area contributed by atoms with Gasteiger partial charge >= 0.3 is 0 Å². The fourth-order valence-corrected chi connectivity index (χ4v) is 4.13. The highest BCUT2D eigenvalue weighted by Crippen LogP contribution is 2.31. The summed E-state index contributed by atoms with van der Waals surface area (Å²) < 4.78 is 19.9. The van der Waals surface area contributed by atoms with Crippen LogP contribution in [0.25, 0.3) is 22.2 Å². The van der Waals surface area contributed by atoms with E-state index in [9.17, 15) is 4.39 Å². The number of halogens is 1. The summed E-state index contributed by atoms with van der Waals surface area (Å²) in [6.07, 6.45) is 5.70. The van der Waals surface area contributed by atoms with Crippen LogP contribution in [0.3, 0.4) is 0 Å². The van der Waals surface area contributed by atoms with E-state index in [0.29, 0.717) is 31.2 Å². The van der Waals surface area contributed by atoms with Crippen LogP contribution in [0, 0.1) is 5.82 Å². The van der Waals surface area contributed by atoms with Gasteiger partial charge in [0.2, 0.25) is 0 Å². The van der Waals surface area contributed by atoms with Gasteiger partial charge in [-0.3, -0.25) is 4.98 Å². The lowest BCUT2D eigenvalue weighted by Crippen LogP contribution is -2.38. The van der Waals surface area contributed by atoms with E-state index in [1.165, 1.54) is 12.1 Å². The van der Waals surface area contributed by atoms with Gasteiger partial charge in [-0.1, -0.05) is 6.07 Å². The Hall–Kier alpha value is -3.36. The number of nitrogens with one attached hydrogen (secondary N) is 1. The quantitative estimate of drug-likeness (QED) is 0.502. The molecule has 4 heterocycles. The molecule has 1 aliphatic heterocycles. The predicted molar refractivity (Wildman–Crippen MR) is 122 cm³/mol. The number of hydrogen-bond acceptors (Lipinski definition) is 6. The van der Waals surface area contributed by atoms with Gasteiger partial charge in [-0.25, -0.2) is 14.4 Å². The Morgan fingerprint density at radius 1 is 1.19 bits per heavy atom. The van der Waals surface area contributed by atoms with Crippen LogP contribution in [0.2, 0.25) is 0 Å². The molecule has 32 heavy (non-hydrogen) atoms. The van der Waals surface area contributed by atoms with Crippen LogP contribution < -0.4 is 10.6 Å². The molecule has 4 aromatic rings. The Morgan fingerprint density at radius 3 is 2.81 bits per heavy atom. The van der Waals surface area contributed by atoms with E-state index in [-0.39, 0.29) is 5.82 Å². The first-order chi connectivity index (χ1) is 15.5. The minimum Gasteiger partial charge on any atom is -0.378 e. The summed E-state index contributed by atoms with van der Waals surface area (Å²) in [5.41, 5.74) is 8.98. The van der Waals surface area contributed by atoms with Gasteiger partial charge in [-0.05, 0) is 36.8 Å². The van der Waals surface area contributed by atoms with Crippen molar-refractivity contribution in [3.8, 4) is 11.3 Å². The van der Waals surface area contributed by atoms with Crippen LogP contribution in [-0.4, -0.2) is 46.2 Å². The highest BCUT2D eigenvalue weighted by Gasteiger charge is 2.25. The molecule has 0 bridgehead atoms. The number of aromatic amines is 1. The molecule has 3 aromatic heterocycles. The second-order valence-electron chi connectivity index (χ2n) is 8.36. The van der Waals surface area contributed by atoms with Crippen LogP contribution in [0.5, 0.6) is 0 Å². The van der Waals surface area contributed by atoms with Crippen molar-refractivity contribution in [3.63, 3.8) is 0 Å². The molecule has 1 atom stereocenters. The number of ether oxygens (including phenoxy) is 1. The molecule has 0 amide bonds. The molecule has 1 aromatic carbocycles. The highest BCUT2D eigenvalue weighted by molar-refractivity contribution is 5.94. The van der Waals surface area contributed by atoms with Gasteiger partial charge in [0.15, 0.2) is 0 Å². The fraction of sp³-hybridized carbons (Fsp3) is 0.292. The monoisotopic (exact) mass is 432 g/mol. The fourth-order valence-electron chi connectivity index (χ4n) is 4.13. The summed E-state index contributed by atoms with van der Waals surface area (Å²) in [6.45, 7) is 4.70. The highest BCUT2D eigenvalue weighted by atomic mass is 19.1. The van der Waals surface area contributed by atoms with Gasteiger partial charge in [0, 0.05) is 66.2 Å². The van der Waals surface area contributed by atoms with Crippen LogP contribution >= 0.6 is 0 Å². The number of nitrogens with two attached hydrogens (primary N) is 1. The lowest BCUT2D eigenvalue weighted by atomic mass is 9.90. The zero-order valence-corrected chi connectivity index (χ0v) is 17.9. The molecule has 164 valence electrons. The molecule has 5 rings (SSSR count). The number of aromatic nitrogens is 4. The molecule has 0 saturated carbocycles. The molecule has 1 aliphatic rings. The van der Waals surface area contributed by atoms with Gasteiger partial charge < -0.3 is 20.4 Å². The topological polar surface area (TPSA) is 93.0 Å². The number of H-pyrrole nitrogens is 1. The van der Waals surface area contributed by atoms with Crippen molar-refractivity contribution in [1.29, 1.82) is 0 Å². The molecular formula is C24H25FN6O. The van der Waals surface area contributed by atoms with E-state index < -0.39 is 5.54 Å². The van der Waals surface area contributed by atoms with Crippen LogP contribution in [0.15, 0.2) is 55.0 Å². The van der Waals surface area contributed by atoms with Crippen molar-refractivity contribution in [1.82, 2.24) is 19.9 Å². The summed E-state index contributed by atoms with van der Waals surface area (Å²) in [4.78, 5) is 19.1. The molecule has 1 saturated heterocycles. The Labute approximate surface area is 185 Å². The molecule has 7 nitrogen and oxygen atoms in total. The normalized spacial score (nSPS) is 16.3. The van der Waals surface area contributed by atoms with Crippen molar-refractivity contribution in [3.05, 3.63) is 72.2 Å². The van der Waals surface area contributed by atoms with E-state index in [1.54, 1.807) is 18.6 Å². The Morgan fingerprint density at radius 2 is 2.03 bits per heavy atom. The third kappa shape index (κ3) is 4.06. The standard InChI is InChI=1S/C24H25FN6O/c1-24(26,16-3-2-5-27-15-16)14-22-29-21(13-23(30-22)31-7-9-32-10-8-31)19-11-17(25)12-20-18(19)4-6-28-20/h2-6,11-13,15,28H,7-10,14,26H2,1H3. The third-order valence-corrected chi connectivity index (χ3v) is 5.85. The summed E-state index contributed by atoms with van der Waals surface area (Å²) in [7, 11) is 0. The molecule has 0 spiro atoms. The van der Waals surface area contributed by atoms with Crippen molar-refractivity contribution < 1.29 is 9.13 Å². The van der Waals surface area contributed by atoms with E-state index >= 15 is 0 Å². The summed E-state index contributed by atoms with van der Waals surface area (Å²) in [6, 6.07) is 10.7. The number of nitrogens with zero attached hydrogens (tertiary/aromatic N) is 4. The molecule has 0 radical (unpaired) electrons. The molecule has 1 unspecified atom stereocenters. The van der Waals surface area contributed by atoms with E-state index in [2.05, 4.69) is 14.9 Å². The van der Waals surface area contributed by atoms with Crippen LogP contribution in [-0.2, 0) is 16.7 Å². The van der Waals surface area contributed by atoms with E-state index in [0.717, 1.165) is 40.9 Å². The third-order valence-electron chi connectivity index (χ3n) is 5.85. The maximum absolute atomic E-state index is 14.4. The predicted octanol–water partition coefficient (Wildman–Crippen LogP) is 3.41. The molecule has 3 N–H and O–H groups in total. The second kappa shape index (κ2) is 8.29. The largest absolute Gasteiger partial charge is 0.378 e. The summed E-state index contributed by atoms with van der Waals surface area (Å²) in [5.74, 6) is 1.08. The summed E-state index contributed by atoms with van der Waals surface area (Å²) in [5, 5.41) is 0.909. The van der Waals surface area contributed by atoms with Gasteiger partial charge in [0.05, 0.1) is 18.9 Å². The first-order valence-electron chi connectivity index (χ1n) is 10.7. The average Bonchev–Trinajstić information content (AvgIpc) is 3.27. The second-order valence-corrected chi connectivity index (χ2v) is 8.36. The summed E-state index contributed by atoms with van der Waals surface area (Å²) >= 11 is 0. The van der Waals surface area contributed by atoms with Crippen molar-refractivity contribution in [2.24, 2.45) is 5.73 Å². The van der Waals surface area contributed by atoms with Crippen molar-refractivity contribution in [2.75, 3.05) is 31.2 Å². The average molecular weight is 433 g/mol. The first-order valence-corrected chi connectivity index (χ1v) is 10.7. The Balaban J connectivity index is 1.61. The maximum atomic E-state index is 14.4. The minimum absolute atomic E-state index is 0.318. The van der Waals surface area contributed by atoms with Crippen LogP contribution in [0.1, 0.15) is 18.3 Å². The zero-order chi connectivity index (χ0) is 22.1. The SMILES string of the molecule is CC(N)(Cc1nc(-c2cc(F)cc3[nH]ccc23)cc(N2CCOCC2)n1)c1cccnc1. The number of fused-ring (bicyclic) bond motifs is 1. The van der Waals surface area contributed by atoms with Crippen molar-refractivity contribution >= 4 is 16.7 Å². The maximum Gasteiger partial charge on any atom is 0.133 e. The smallest absolute Gasteiger partial charge is 0.133 e. The number of hydrogen-bond donors (Lipinski definition) is 2. The molecular weight excluding hydrogens is 407 g/mol. The lowest BCUT2D eigenvalue weighted by Gasteiger charge is -2.29. The van der Waals surface area contributed by atoms with Gasteiger partial charge in [-0.15, -0.1) is 0 Å². The number of anilines is 1. The van der Waals surface area contributed by atoms with E-state index in [1.807, 2.05) is 31.2 Å². The molecule has 1 fully saturated rings. The Bertz CT molecular complexity index is 1230. The van der Waals surface area contributed by atoms with Crippen LogP contribution in [0.4, 0.5) is 10.2 Å². The van der Waals surface area contributed by atoms with Crippen molar-refractivity contribution in [2.45, 2.75) is 18.9 Å². The van der Waals surface area contributed by atoms with Gasteiger partial charge in [0.25, 0.3) is 0 Å². The first kappa shape index (κ1) is 20.5.